The zero-order valence-electron chi connectivity index (χ0n) is 15.5. The van der Waals surface area contributed by atoms with Crippen molar-refractivity contribution in [1.29, 1.82) is 0 Å². The van der Waals surface area contributed by atoms with Crippen molar-refractivity contribution >= 4 is 47.1 Å². The van der Waals surface area contributed by atoms with Gasteiger partial charge in [-0.1, -0.05) is 41.4 Å². The fourth-order valence-corrected chi connectivity index (χ4v) is 5.64. The van der Waals surface area contributed by atoms with E-state index in [1.807, 2.05) is 0 Å². The second-order valence-corrected chi connectivity index (χ2v) is 8.67. The molecule has 6 nitrogen and oxygen atoms in total. The normalized spacial score (nSPS) is 29.4. The van der Waals surface area contributed by atoms with Gasteiger partial charge in [0.05, 0.1) is 17.0 Å². The molecule has 0 saturated carbocycles. The number of halogens is 3. The van der Waals surface area contributed by atoms with Crippen LogP contribution < -0.4 is 10.6 Å². The Morgan fingerprint density at radius 2 is 2.00 bits per heavy atom. The van der Waals surface area contributed by atoms with Crippen LogP contribution in [0, 0.1) is 11.7 Å². The van der Waals surface area contributed by atoms with Crippen LogP contribution in [0.4, 0.5) is 10.1 Å². The van der Waals surface area contributed by atoms with Gasteiger partial charge in [0.2, 0.25) is 12.3 Å². The highest BCUT2D eigenvalue weighted by Crippen LogP contribution is 2.54. The van der Waals surface area contributed by atoms with Gasteiger partial charge in [0.1, 0.15) is 11.4 Å². The minimum Gasteiger partial charge on any atom is -0.354 e. The number of amides is 3. The number of rotatable bonds is 2. The van der Waals surface area contributed by atoms with Gasteiger partial charge >= 0.3 is 0 Å². The fraction of sp³-hybridized carbons (Fsp3) is 0.286. The maximum absolute atomic E-state index is 15.2. The van der Waals surface area contributed by atoms with Crippen molar-refractivity contribution in [2.24, 2.45) is 5.92 Å². The Kier molecular flexibility index (Phi) is 4.31. The van der Waals surface area contributed by atoms with E-state index < -0.39 is 35.1 Å². The topological polar surface area (TPSA) is 78.5 Å². The number of anilines is 1. The lowest BCUT2D eigenvalue weighted by Crippen LogP contribution is -2.61. The number of likely N-dealkylation sites (tertiary alicyclic amines) is 1. The van der Waals surface area contributed by atoms with E-state index in [0.717, 1.165) is 5.56 Å². The highest BCUT2D eigenvalue weighted by atomic mass is 35.5. The molecule has 154 valence electrons. The molecule has 0 radical (unpaired) electrons. The number of carbonyl (C=O) groups is 3. The Morgan fingerprint density at radius 3 is 2.77 bits per heavy atom. The maximum atomic E-state index is 15.2. The molecule has 0 bridgehead atoms. The summed E-state index contributed by atoms with van der Waals surface area (Å²) in [6.07, 6.45) is 0.710. The van der Waals surface area contributed by atoms with Crippen LogP contribution in [-0.2, 0) is 20.8 Å². The third-order valence-electron chi connectivity index (χ3n) is 6.50. The Hall–Kier alpha value is -2.64. The Labute approximate surface area is 181 Å². The second kappa shape index (κ2) is 6.68. The molecule has 0 aromatic heterocycles. The van der Waals surface area contributed by atoms with Gasteiger partial charge in [0.25, 0.3) is 5.91 Å². The Morgan fingerprint density at radius 1 is 1.20 bits per heavy atom. The quantitative estimate of drug-likeness (QED) is 0.694. The van der Waals surface area contributed by atoms with Crippen LogP contribution in [0.5, 0.6) is 0 Å². The van der Waals surface area contributed by atoms with Crippen molar-refractivity contribution in [1.82, 2.24) is 10.2 Å². The van der Waals surface area contributed by atoms with Crippen molar-refractivity contribution < 1.29 is 18.8 Å². The molecule has 3 heterocycles. The van der Waals surface area contributed by atoms with E-state index in [0.29, 0.717) is 17.1 Å². The summed E-state index contributed by atoms with van der Waals surface area (Å²) in [5, 5.41) is 5.91. The molecule has 2 saturated heterocycles. The highest BCUT2D eigenvalue weighted by molar-refractivity contribution is 6.31. The number of benzene rings is 2. The molecule has 3 amide bonds. The first kappa shape index (κ1) is 19.3. The summed E-state index contributed by atoms with van der Waals surface area (Å²) in [5.74, 6) is -3.16. The minimum atomic E-state index is -1.47. The molecule has 2 aromatic carbocycles. The van der Waals surface area contributed by atoms with E-state index in [1.54, 1.807) is 24.3 Å². The predicted octanol–water partition coefficient (Wildman–Crippen LogP) is 2.74. The molecule has 0 aliphatic carbocycles. The molecule has 4 atom stereocenters. The molecule has 30 heavy (non-hydrogen) atoms. The van der Waals surface area contributed by atoms with Gasteiger partial charge in [-0.25, -0.2) is 4.39 Å². The summed E-state index contributed by atoms with van der Waals surface area (Å²) in [7, 11) is 0. The summed E-state index contributed by atoms with van der Waals surface area (Å²) in [6.45, 7) is 0.198. The van der Waals surface area contributed by atoms with Gasteiger partial charge in [-0.3, -0.25) is 14.4 Å². The number of nitrogens with one attached hydrogen (secondary N) is 2. The largest absolute Gasteiger partial charge is 0.354 e. The summed E-state index contributed by atoms with van der Waals surface area (Å²) < 4.78 is 15.2. The van der Waals surface area contributed by atoms with Crippen LogP contribution in [0.3, 0.4) is 0 Å². The number of hydrogen-bond acceptors (Lipinski definition) is 3. The van der Waals surface area contributed by atoms with Crippen molar-refractivity contribution in [2.75, 3.05) is 11.9 Å². The SMILES string of the molecule is O=CN1[C@H]2CNC(=O)[C@H]2[C@H](c2cccc(Cl)c2F)[C@@]12Cc1ccc(Cl)cc1NC2=O. The first-order valence-corrected chi connectivity index (χ1v) is 10.2. The van der Waals surface area contributed by atoms with Crippen LogP contribution in [0.25, 0.3) is 0 Å². The molecule has 0 unspecified atom stereocenters. The molecule has 5 rings (SSSR count). The van der Waals surface area contributed by atoms with E-state index in [-0.39, 0.29) is 29.5 Å². The van der Waals surface area contributed by atoms with Gasteiger partial charge in [-0.2, -0.15) is 0 Å². The van der Waals surface area contributed by atoms with Crippen LogP contribution in [-0.4, -0.2) is 41.2 Å². The standard InChI is InChI=1S/C21H16Cl2FN3O3/c22-11-5-4-10-7-21(20(30)26-14(10)6-11)17(12-2-1-3-13(23)18(12)24)16-15(27(21)9-28)8-25-19(16)29/h1-6,9,15-17H,7-8H2,(H,25,29)(H,26,30)/t15-,16+,17-,21+/m0/s1. The lowest BCUT2D eigenvalue weighted by atomic mass is 9.69. The summed E-state index contributed by atoms with van der Waals surface area (Å²) in [6, 6.07) is 9.02. The number of nitrogens with zero attached hydrogens (tertiary/aromatic N) is 1. The Balaban J connectivity index is 1.76. The van der Waals surface area contributed by atoms with Gasteiger partial charge in [0, 0.05) is 29.6 Å². The monoisotopic (exact) mass is 447 g/mol. The molecule has 2 N–H and O–H groups in total. The lowest BCUT2D eigenvalue weighted by molar-refractivity contribution is -0.137. The first-order chi connectivity index (χ1) is 14.4. The maximum Gasteiger partial charge on any atom is 0.251 e. The molecule has 3 aliphatic rings. The third-order valence-corrected chi connectivity index (χ3v) is 7.02. The molecule has 3 aliphatic heterocycles. The van der Waals surface area contributed by atoms with E-state index in [4.69, 9.17) is 23.2 Å². The third kappa shape index (κ3) is 2.45. The molecule has 2 aromatic rings. The van der Waals surface area contributed by atoms with Crippen LogP contribution in [0.1, 0.15) is 17.0 Å². The van der Waals surface area contributed by atoms with Crippen LogP contribution in [0.2, 0.25) is 10.0 Å². The minimum absolute atomic E-state index is 0.106. The average Bonchev–Trinajstić information content (AvgIpc) is 3.20. The van der Waals surface area contributed by atoms with E-state index >= 15 is 4.39 Å². The fourth-order valence-electron chi connectivity index (χ4n) is 5.29. The van der Waals surface area contributed by atoms with E-state index in [1.165, 1.54) is 17.0 Å². The number of fused-ring (bicyclic) bond motifs is 2. The van der Waals surface area contributed by atoms with Crippen molar-refractivity contribution in [3.8, 4) is 0 Å². The number of hydrogen-bond donors (Lipinski definition) is 2. The second-order valence-electron chi connectivity index (χ2n) is 7.83. The molecule has 1 spiro atoms. The zero-order valence-corrected chi connectivity index (χ0v) is 17.0. The highest BCUT2D eigenvalue weighted by Gasteiger charge is 2.67. The summed E-state index contributed by atoms with van der Waals surface area (Å²) in [5.41, 5.74) is -0.0396. The van der Waals surface area contributed by atoms with Crippen LogP contribution >= 0.6 is 23.2 Å². The van der Waals surface area contributed by atoms with Gasteiger partial charge in [-0.05, 0) is 29.3 Å². The molecule has 9 heteroatoms. The van der Waals surface area contributed by atoms with Crippen molar-refractivity contribution in [3.63, 3.8) is 0 Å². The van der Waals surface area contributed by atoms with Gasteiger partial charge < -0.3 is 15.5 Å². The molecular weight excluding hydrogens is 432 g/mol. The van der Waals surface area contributed by atoms with Crippen LogP contribution in [0.15, 0.2) is 36.4 Å². The summed E-state index contributed by atoms with van der Waals surface area (Å²) in [4.78, 5) is 39.9. The van der Waals surface area contributed by atoms with Gasteiger partial charge in [-0.15, -0.1) is 0 Å². The zero-order chi connectivity index (χ0) is 21.2. The summed E-state index contributed by atoms with van der Waals surface area (Å²) >= 11 is 12.1. The van der Waals surface area contributed by atoms with Crippen molar-refractivity contribution in [2.45, 2.75) is 23.9 Å². The Bertz CT molecular complexity index is 1110. The van der Waals surface area contributed by atoms with Crippen molar-refractivity contribution in [3.05, 3.63) is 63.4 Å². The number of carbonyl (C=O) groups excluding carboxylic acids is 3. The molecular formula is C21H16Cl2FN3O3. The predicted molar refractivity (Wildman–Crippen MR) is 109 cm³/mol. The smallest absolute Gasteiger partial charge is 0.251 e. The van der Waals surface area contributed by atoms with E-state index in [2.05, 4.69) is 10.6 Å². The lowest BCUT2D eigenvalue weighted by Gasteiger charge is -2.44. The molecule has 2 fully saturated rings. The first-order valence-electron chi connectivity index (χ1n) is 9.43. The van der Waals surface area contributed by atoms with E-state index in [9.17, 15) is 14.4 Å². The van der Waals surface area contributed by atoms with Gasteiger partial charge in [0.15, 0.2) is 0 Å². The average molecular weight is 448 g/mol.